The normalized spacial score (nSPS) is 10.5. The Bertz CT molecular complexity index is 515. The van der Waals surface area contributed by atoms with E-state index in [4.69, 9.17) is 16.3 Å². The van der Waals surface area contributed by atoms with Gasteiger partial charge in [0.2, 0.25) is 0 Å². The fourth-order valence-electron chi connectivity index (χ4n) is 2.08. The van der Waals surface area contributed by atoms with Gasteiger partial charge in [0.05, 0.1) is 13.2 Å². The van der Waals surface area contributed by atoms with Crippen LogP contribution in [0.25, 0.3) is 0 Å². The molecular formula is C17H20ClNO. The Morgan fingerprint density at radius 1 is 1.00 bits per heavy atom. The second-order valence-electron chi connectivity index (χ2n) is 4.56. The second-order valence-corrected chi connectivity index (χ2v) is 4.97. The van der Waals surface area contributed by atoms with E-state index in [1.807, 2.05) is 30.3 Å². The van der Waals surface area contributed by atoms with Gasteiger partial charge >= 0.3 is 0 Å². The minimum atomic E-state index is 0.562. The number of ether oxygens (including phenoxy) is 1. The van der Waals surface area contributed by atoms with Crippen LogP contribution in [-0.2, 0) is 11.3 Å². The van der Waals surface area contributed by atoms with Crippen LogP contribution in [0.3, 0.4) is 0 Å². The molecule has 0 aromatic heterocycles. The lowest BCUT2D eigenvalue weighted by Crippen LogP contribution is -2.26. The SMILES string of the molecule is CCN(CCOCc1ccccc1Cl)c1ccccc1. The summed E-state index contributed by atoms with van der Waals surface area (Å²) in [6.45, 7) is 5.26. The first-order chi connectivity index (χ1) is 9.81. The quantitative estimate of drug-likeness (QED) is 0.701. The molecule has 0 heterocycles. The third-order valence-corrected chi connectivity index (χ3v) is 3.59. The third kappa shape index (κ3) is 4.26. The highest BCUT2D eigenvalue weighted by Gasteiger charge is 2.04. The van der Waals surface area contributed by atoms with Crippen molar-refractivity contribution in [2.75, 3.05) is 24.6 Å². The van der Waals surface area contributed by atoms with Crippen molar-refractivity contribution >= 4 is 17.3 Å². The van der Waals surface area contributed by atoms with Gasteiger partial charge < -0.3 is 9.64 Å². The van der Waals surface area contributed by atoms with Gasteiger partial charge in [-0.3, -0.25) is 0 Å². The van der Waals surface area contributed by atoms with Crippen LogP contribution in [-0.4, -0.2) is 19.7 Å². The van der Waals surface area contributed by atoms with E-state index in [-0.39, 0.29) is 0 Å². The Hall–Kier alpha value is -1.51. The van der Waals surface area contributed by atoms with Crippen molar-refractivity contribution in [2.24, 2.45) is 0 Å². The molecule has 0 atom stereocenters. The van der Waals surface area contributed by atoms with Crippen LogP contribution in [0.15, 0.2) is 54.6 Å². The molecule has 0 aliphatic heterocycles. The van der Waals surface area contributed by atoms with Gasteiger partial charge in [-0.15, -0.1) is 0 Å². The molecule has 0 saturated carbocycles. The van der Waals surface area contributed by atoms with E-state index in [2.05, 4.69) is 36.1 Å². The number of benzene rings is 2. The summed E-state index contributed by atoms with van der Waals surface area (Å²) in [6.07, 6.45) is 0. The van der Waals surface area contributed by atoms with E-state index >= 15 is 0 Å². The van der Waals surface area contributed by atoms with E-state index in [0.29, 0.717) is 13.2 Å². The standard InChI is InChI=1S/C17H20ClNO/c1-2-19(16-9-4-3-5-10-16)12-13-20-14-15-8-6-7-11-17(15)18/h3-11H,2,12-14H2,1H3. The number of para-hydroxylation sites is 1. The summed E-state index contributed by atoms with van der Waals surface area (Å²) in [5.74, 6) is 0. The Kier molecular flexibility index (Phi) is 5.90. The largest absolute Gasteiger partial charge is 0.375 e. The second kappa shape index (κ2) is 7.93. The zero-order chi connectivity index (χ0) is 14.2. The fourth-order valence-corrected chi connectivity index (χ4v) is 2.27. The Labute approximate surface area is 125 Å². The highest BCUT2D eigenvalue weighted by atomic mass is 35.5. The summed E-state index contributed by atoms with van der Waals surface area (Å²) >= 11 is 6.10. The molecular weight excluding hydrogens is 270 g/mol. The van der Waals surface area contributed by atoms with E-state index in [0.717, 1.165) is 23.7 Å². The number of nitrogens with zero attached hydrogens (tertiary/aromatic N) is 1. The molecule has 2 aromatic rings. The maximum atomic E-state index is 6.10. The van der Waals surface area contributed by atoms with Crippen LogP contribution in [0.5, 0.6) is 0 Å². The molecule has 106 valence electrons. The maximum Gasteiger partial charge on any atom is 0.0732 e. The first kappa shape index (κ1) is 14.9. The summed E-state index contributed by atoms with van der Waals surface area (Å²) in [5.41, 5.74) is 2.27. The van der Waals surface area contributed by atoms with Crippen molar-refractivity contribution in [2.45, 2.75) is 13.5 Å². The molecule has 20 heavy (non-hydrogen) atoms. The predicted molar refractivity (Wildman–Crippen MR) is 85.4 cm³/mol. The van der Waals surface area contributed by atoms with Gasteiger partial charge in [-0.25, -0.2) is 0 Å². The number of anilines is 1. The summed E-state index contributed by atoms with van der Waals surface area (Å²) in [4.78, 5) is 2.30. The number of hydrogen-bond acceptors (Lipinski definition) is 2. The van der Waals surface area contributed by atoms with Crippen molar-refractivity contribution in [1.82, 2.24) is 0 Å². The molecule has 0 unspecified atom stereocenters. The molecule has 3 heteroatoms. The van der Waals surface area contributed by atoms with E-state index in [1.165, 1.54) is 5.69 Å². The topological polar surface area (TPSA) is 12.5 Å². The number of hydrogen-bond donors (Lipinski definition) is 0. The number of likely N-dealkylation sites (N-methyl/N-ethyl adjacent to an activating group) is 1. The van der Waals surface area contributed by atoms with E-state index in [9.17, 15) is 0 Å². The molecule has 2 rings (SSSR count). The molecule has 0 aliphatic rings. The van der Waals surface area contributed by atoms with Crippen molar-refractivity contribution in [3.8, 4) is 0 Å². The Balaban J connectivity index is 1.79. The van der Waals surface area contributed by atoms with Gasteiger partial charge in [0.1, 0.15) is 0 Å². The number of rotatable bonds is 7. The fraction of sp³-hybridized carbons (Fsp3) is 0.294. The van der Waals surface area contributed by atoms with Gasteiger partial charge in [-0.2, -0.15) is 0 Å². The molecule has 0 saturated heterocycles. The van der Waals surface area contributed by atoms with Crippen LogP contribution in [0.1, 0.15) is 12.5 Å². The van der Waals surface area contributed by atoms with Crippen LogP contribution in [0.2, 0.25) is 5.02 Å². The van der Waals surface area contributed by atoms with Gasteiger partial charge in [0, 0.05) is 23.8 Å². The highest BCUT2D eigenvalue weighted by molar-refractivity contribution is 6.31. The molecule has 0 amide bonds. The average molecular weight is 290 g/mol. The lowest BCUT2D eigenvalue weighted by Gasteiger charge is -2.23. The molecule has 0 radical (unpaired) electrons. The van der Waals surface area contributed by atoms with Crippen LogP contribution < -0.4 is 4.90 Å². The van der Waals surface area contributed by atoms with E-state index < -0.39 is 0 Å². The summed E-state index contributed by atoms with van der Waals surface area (Å²) in [7, 11) is 0. The lowest BCUT2D eigenvalue weighted by molar-refractivity contribution is 0.127. The zero-order valence-corrected chi connectivity index (χ0v) is 12.5. The molecule has 0 spiro atoms. The molecule has 0 N–H and O–H groups in total. The first-order valence-corrected chi connectivity index (χ1v) is 7.30. The molecule has 0 fully saturated rings. The van der Waals surface area contributed by atoms with Gasteiger partial charge in [-0.1, -0.05) is 48.0 Å². The first-order valence-electron chi connectivity index (χ1n) is 6.92. The summed E-state index contributed by atoms with van der Waals surface area (Å²) in [5, 5.41) is 0.767. The number of halogens is 1. The third-order valence-electron chi connectivity index (χ3n) is 3.22. The van der Waals surface area contributed by atoms with Crippen LogP contribution in [0, 0.1) is 0 Å². The van der Waals surface area contributed by atoms with Crippen molar-refractivity contribution in [3.63, 3.8) is 0 Å². The molecule has 2 aromatic carbocycles. The summed E-state index contributed by atoms with van der Waals surface area (Å²) in [6, 6.07) is 18.2. The van der Waals surface area contributed by atoms with Gasteiger partial charge in [-0.05, 0) is 30.7 Å². The minimum Gasteiger partial charge on any atom is -0.375 e. The Morgan fingerprint density at radius 3 is 2.40 bits per heavy atom. The van der Waals surface area contributed by atoms with Crippen molar-refractivity contribution in [1.29, 1.82) is 0 Å². The van der Waals surface area contributed by atoms with Crippen LogP contribution >= 0.6 is 11.6 Å². The maximum absolute atomic E-state index is 6.10. The predicted octanol–water partition coefficient (Wildman–Crippen LogP) is 4.38. The smallest absolute Gasteiger partial charge is 0.0732 e. The van der Waals surface area contributed by atoms with Crippen molar-refractivity contribution < 1.29 is 4.74 Å². The van der Waals surface area contributed by atoms with Crippen LogP contribution in [0.4, 0.5) is 5.69 Å². The highest BCUT2D eigenvalue weighted by Crippen LogP contribution is 2.16. The van der Waals surface area contributed by atoms with Gasteiger partial charge in [0.25, 0.3) is 0 Å². The van der Waals surface area contributed by atoms with Crippen molar-refractivity contribution in [3.05, 3.63) is 65.2 Å². The van der Waals surface area contributed by atoms with E-state index in [1.54, 1.807) is 0 Å². The minimum absolute atomic E-state index is 0.562. The van der Waals surface area contributed by atoms with Gasteiger partial charge in [0.15, 0.2) is 0 Å². The molecule has 0 aliphatic carbocycles. The monoisotopic (exact) mass is 289 g/mol. The molecule has 2 nitrogen and oxygen atoms in total. The zero-order valence-electron chi connectivity index (χ0n) is 11.8. The average Bonchev–Trinajstić information content (AvgIpc) is 2.50. The lowest BCUT2D eigenvalue weighted by atomic mass is 10.2. The molecule has 0 bridgehead atoms. The summed E-state index contributed by atoms with van der Waals surface area (Å²) < 4.78 is 5.73. The Morgan fingerprint density at radius 2 is 1.70 bits per heavy atom.